The van der Waals surface area contributed by atoms with Crippen LogP contribution in [0.3, 0.4) is 0 Å². The Morgan fingerprint density at radius 1 is 1.11 bits per heavy atom. The van der Waals surface area contributed by atoms with Crippen molar-refractivity contribution in [2.45, 2.75) is 26.7 Å². The number of hydrogen-bond donors (Lipinski definition) is 0. The molecule has 1 aliphatic rings. The first-order valence-corrected chi connectivity index (χ1v) is 5.64. The maximum absolute atomic E-state index is 11.8. The topological polar surface area (TPSA) is 63.7 Å². The van der Waals surface area contributed by atoms with Crippen molar-refractivity contribution in [3.8, 4) is 0 Å². The molecule has 0 bridgehead atoms. The molecule has 1 saturated heterocycles. The molecule has 0 unspecified atom stereocenters. The van der Waals surface area contributed by atoms with Crippen molar-refractivity contribution in [2.75, 3.05) is 0 Å². The second-order valence-corrected chi connectivity index (χ2v) is 4.26. The quantitative estimate of drug-likeness (QED) is 0.743. The highest BCUT2D eigenvalue weighted by atomic mass is 16.7. The highest BCUT2D eigenvalue weighted by Gasteiger charge is 2.33. The number of aryl methyl sites for hydroxylation is 2. The first-order valence-electron chi connectivity index (χ1n) is 5.64. The molecule has 0 N–H and O–H groups in total. The summed E-state index contributed by atoms with van der Waals surface area (Å²) >= 11 is 0. The van der Waals surface area contributed by atoms with Crippen LogP contribution in [0.4, 0.5) is 0 Å². The third kappa shape index (κ3) is 2.25. The van der Waals surface area contributed by atoms with Crippen LogP contribution in [0, 0.1) is 13.8 Å². The van der Waals surface area contributed by atoms with Gasteiger partial charge in [0.25, 0.3) is 11.8 Å². The second kappa shape index (κ2) is 4.60. The molecular formula is C13H13NO4. The number of carbonyl (C=O) groups is 3. The van der Waals surface area contributed by atoms with E-state index in [9.17, 15) is 14.4 Å². The van der Waals surface area contributed by atoms with Gasteiger partial charge in [0.15, 0.2) is 0 Å². The monoisotopic (exact) mass is 247 g/mol. The number of amides is 2. The predicted octanol–water partition coefficient (Wildman–Crippen LogP) is 1.52. The Balaban J connectivity index is 2.14. The summed E-state index contributed by atoms with van der Waals surface area (Å²) in [5, 5.41) is 0.553. The Kier molecular flexibility index (Phi) is 3.14. The fraction of sp³-hybridized carbons (Fsp3) is 0.308. The minimum absolute atomic E-state index is 0.0963. The molecule has 5 heteroatoms. The van der Waals surface area contributed by atoms with Gasteiger partial charge in [-0.25, -0.2) is 4.79 Å². The fourth-order valence-electron chi connectivity index (χ4n) is 1.66. The van der Waals surface area contributed by atoms with E-state index < -0.39 is 17.8 Å². The van der Waals surface area contributed by atoms with Crippen molar-refractivity contribution < 1.29 is 19.2 Å². The lowest BCUT2D eigenvalue weighted by Crippen LogP contribution is -2.32. The van der Waals surface area contributed by atoms with Crippen LogP contribution < -0.4 is 0 Å². The molecule has 0 atom stereocenters. The molecule has 1 fully saturated rings. The van der Waals surface area contributed by atoms with Crippen LogP contribution >= 0.6 is 0 Å². The normalized spacial score (nSPS) is 15.1. The predicted molar refractivity (Wildman–Crippen MR) is 62.4 cm³/mol. The van der Waals surface area contributed by atoms with Crippen LogP contribution in [0.5, 0.6) is 0 Å². The van der Waals surface area contributed by atoms with Crippen molar-refractivity contribution in [1.29, 1.82) is 0 Å². The van der Waals surface area contributed by atoms with Crippen LogP contribution in [0.25, 0.3) is 0 Å². The van der Waals surface area contributed by atoms with E-state index in [0.29, 0.717) is 10.6 Å². The van der Waals surface area contributed by atoms with Gasteiger partial charge in [-0.15, -0.1) is 5.06 Å². The van der Waals surface area contributed by atoms with Gasteiger partial charge in [-0.2, -0.15) is 0 Å². The van der Waals surface area contributed by atoms with Crippen LogP contribution in [0.15, 0.2) is 18.2 Å². The van der Waals surface area contributed by atoms with Gasteiger partial charge in [0.1, 0.15) is 0 Å². The second-order valence-electron chi connectivity index (χ2n) is 4.26. The lowest BCUT2D eigenvalue weighted by molar-refractivity contribution is -0.172. The summed E-state index contributed by atoms with van der Waals surface area (Å²) in [7, 11) is 0. The van der Waals surface area contributed by atoms with Crippen molar-refractivity contribution in [2.24, 2.45) is 0 Å². The van der Waals surface area contributed by atoms with E-state index in [2.05, 4.69) is 0 Å². The highest BCUT2D eigenvalue weighted by Crippen LogP contribution is 2.16. The van der Waals surface area contributed by atoms with E-state index in [-0.39, 0.29) is 12.8 Å². The molecule has 1 aliphatic heterocycles. The number of hydrogen-bond acceptors (Lipinski definition) is 4. The Bertz CT molecular complexity index is 520. The molecule has 18 heavy (non-hydrogen) atoms. The van der Waals surface area contributed by atoms with Crippen LogP contribution in [0.1, 0.15) is 34.3 Å². The molecule has 0 spiro atoms. The standard InChI is InChI=1S/C13H13NO4/c1-8-3-4-10(7-9(8)2)13(17)18-14-11(15)5-6-12(14)16/h3-4,7H,5-6H2,1-2H3. The van der Waals surface area contributed by atoms with Gasteiger partial charge in [0.05, 0.1) is 5.56 Å². The fourth-order valence-corrected chi connectivity index (χ4v) is 1.66. The highest BCUT2D eigenvalue weighted by molar-refractivity contribution is 6.02. The summed E-state index contributed by atoms with van der Waals surface area (Å²) < 4.78 is 0. The summed E-state index contributed by atoms with van der Waals surface area (Å²) in [5.41, 5.74) is 2.33. The maximum atomic E-state index is 11.8. The van der Waals surface area contributed by atoms with Gasteiger partial charge in [0.2, 0.25) is 0 Å². The number of nitrogens with zero attached hydrogens (tertiary/aromatic N) is 1. The minimum atomic E-state index is -0.693. The van der Waals surface area contributed by atoms with E-state index >= 15 is 0 Å². The first-order chi connectivity index (χ1) is 8.49. The summed E-state index contributed by atoms with van der Waals surface area (Å²) in [4.78, 5) is 39.2. The third-order valence-electron chi connectivity index (χ3n) is 2.92. The number of imide groups is 1. The molecule has 0 radical (unpaired) electrons. The zero-order valence-electron chi connectivity index (χ0n) is 10.2. The molecule has 1 heterocycles. The van der Waals surface area contributed by atoms with E-state index in [1.54, 1.807) is 18.2 Å². The first kappa shape index (κ1) is 12.3. The van der Waals surface area contributed by atoms with Gasteiger partial charge in [0, 0.05) is 12.8 Å². The van der Waals surface area contributed by atoms with E-state index in [4.69, 9.17) is 4.84 Å². The van der Waals surface area contributed by atoms with Crippen molar-refractivity contribution in [3.63, 3.8) is 0 Å². The molecule has 0 saturated carbocycles. The van der Waals surface area contributed by atoms with Crippen molar-refractivity contribution in [1.82, 2.24) is 5.06 Å². The average Bonchev–Trinajstić information content (AvgIpc) is 2.64. The van der Waals surface area contributed by atoms with Crippen molar-refractivity contribution >= 4 is 17.8 Å². The van der Waals surface area contributed by atoms with E-state index in [1.165, 1.54) is 0 Å². The Labute approximate surface area is 104 Å². The molecule has 0 aromatic heterocycles. The largest absolute Gasteiger partial charge is 0.363 e. The van der Waals surface area contributed by atoms with Gasteiger partial charge in [-0.3, -0.25) is 9.59 Å². The molecule has 0 aliphatic carbocycles. The zero-order chi connectivity index (χ0) is 13.3. The smallest absolute Gasteiger partial charge is 0.325 e. The minimum Gasteiger partial charge on any atom is -0.325 e. The van der Waals surface area contributed by atoms with Crippen molar-refractivity contribution in [3.05, 3.63) is 34.9 Å². The number of carbonyl (C=O) groups excluding carboxylic acids is 3. The average molecular weight is 247 g/mol. The molecule has 1 aromatic rings. The number of hydroxylamine groups is 2. The SMILES string of the molecule is Cc1ccc(C(=O)ON2C(=O)CCC2=O)cc1C. The Morgan fingerprint density at radius 3 is 2.28 bits per heavy atom. The van der Waals surface area contributed by atoms with E-state index in [1.807, 2.05) is 13.8 Å². The summed E-state index contributed by atoms with van der Waals surface area (Å²) in [6.45, 7) is 3.80. The van der Waals surface area contributed by atoms with E-state index in [0.717, 1.165) is 11.1 Å². The third-order valence-corrected chi connectivity index (χ3v) is 2.92. The Hall–Kier alpha value is -2.17. The molecule has 94 valence electrons. The Morgan fingerprint density at radius 2 is 1.72 bits per heavy atom. The molecular weight excluding hydrogens is 234 g/mol. The van der Waals surface area contributed by atoms with Crippen LogP contribution in [0.2, 0.25) is 0 Å². The lowest BCUT2D eigenvalue weighted by atomic mass is 10.1. The number of benzene rings is 1. The summed E-state index contributed by atoms with van der Waals surface area (Å²) in [6.07, 6.45) is 0.193. The van der Waals surface area contributed by atoms with Crippen LogP contribution in [-0.2, 0) is 14.4 Å². The molecule has 1 aromatic carbocycles. The van der Waals surface area contributed by atoms with Gasteiger partial charge in [-0.1, -0.05) is 6.07 Å². The summed E-state index contributed by atoms with van der Waals surface area (Å²) in [6, 6.07) is 5.07. The molecule has 2 rings (SSSR count). The van der Waals surface area contributed by atoms with Gasteiger partial charge >= 0.3 is 5.97 Å². The maximum Gasteiger partial charge on any atom is 0.363 e. The molecule has 5 nitrogen and oxygen atoms in total. The summed E-state index contributed by atoms with van der Waals surface area (Å²) in [5.74, 6) is -1.64. The van der Waals surface area contributed by atoms with Gasteiger partial charge in [-0.05, 0) is 37.1 Å². The number of rotatable bonds is 2. The lowest BCUT2D eigenvalue weighted by Gasteiger charge is -2.13. The zero-order valence-corrected chi connectivity index (χ0v) is 10.2. The molecule has 2 amide bonds. The van der Waals surface area contributed by atoms with Gasteiger partial charge < -0.3 is 4.84 Å². The van der Waals surface area contributed by atoms with Crippen LogP contribution in [-0.4, -0.2) is 22.8 Å².